The number of Topliss-reactive ketones (excluding diaryl/α,β-unsaturated/α-hetero) is 1. The van der Waals surface area contributed by atoms with Crippen molar-refractivity contribution < 1.29 is 27.8 Å². The number of aliphatic hydroxyl groups excluding tert-OH is 1. The summed E-state index contributed by atoms with van der Waals surface area (Å²) in [6.45, 7) is 1.95. The van der Waals surface area contributed by atoms with Crippen LogP contribution in [0.3, 0.4) is 0 Å². The van der Waals surface area contributed by atoms with E-state index in [4.69, 9.17) is 0 Å². The first-order chi connectivity index (χ1) is 14.2. The molecular weight excluding hydrogens is 397 g/mol. The van der Waals surface area contributed by atoms with Crippen LogP contribution in [0.25, 0.3) is 0 Å². The van der Waals surface area contributed by atoms with E-state index in [1.165, 1.54) is 12.3 Å². The molecule has 3 rings (SSSR count). The minimum absolute atomic E-state index is 0.0419. The highest BCUT2D eigenvalue weighted by Crippen LogP contribution is 2.24. The van der Waals surface area contributed by atoms with Gasteiger partial charge in [-0.3, -0.25) is 9.78 Å². The number of benzene rings is 1. The lowest BCUT2D eigenvalue weighted by Gasteiger charge is -2.18. The molecular formula is C22H25F3N2O3. The molecule has 1 N–H and O–H groups in total. The van der Waals surface area contributed by atoms with Crippen LogP contribution < -0.4 is 9.64 Å². The molecule has 2 atom stereocenters. The largest absolute Gasteiger partial charge is 0.483 e. The molecule has 30 heavy (non-hydrogen) atoms. The molecule has 1 fully saturated rings. The molecule has 2 aromatic rings. The maximum Gasteiger partial charge on any atom is 0.422 e. The van der Waals surface area contributed by atoms with Gasteiger partial charge in [0.2, 0.25) is 0 Å². The highest BCUT2D eigenvalue weighted by molar-refractivity contribution is 5.81. The van der Waals surface area contributed by atoms with E-state index in [1.807, 2.05) is 31.2 Å². The van der Waals surface area contributed by atoms with Gasteiger partial charge in [0.1, 0.15) is 11.5 Å². The van der Waals surface area contributed by atoms with Crippen LogP contribution in [-0.2, 0) is 11.2 Å². The van der Waals surface area contributed by atoms with Crippen LogP contribution in [-0.4, -0.2) is 47.9 Å². The molecule has 1 aromatic carbocycles. The van der Waals surface area contributed by atoms with Gasteiger partial charge in [0.25, 0.3) is 0 Å². The number of ether oxygens (including phenoxy) is 1. The van der Waals surface area contributed by atoms with Gasteiger partial charge in [0.05, 0.1) is 12.3 Å². The third-order valence-corrected chi connectivity index (χ3v) is 5.07. The predicted molar refractivity (Wildman–Crippen MR) is 107 cm³/mol. The van der Waals surface area contributed by atoms with Gasteiger partial charge in [-0.15, -0.1) is 0 Å². The lowest BCUT2D eigenvalue weighted by molar-refractivity contribution is -0.153. The first kappa shape index (κ1) is 22.1. The molecule has 162 valence electrons. The van der Waals surface area contributed by atoms with E-state index in [9.17, 15) is 23.1 Å². The van der Waals surface area contributed by atoms with Crippen LogP contribution in [0.15, 0.2) is 42.6 Å². The van der Waals surface area contributed by atoms with Crippen LogP contribution in [0.4, 0.5) is 18.9 Å². The Balaban J connectivity index is 1.49. The van der Waals surface area contributed by atoms with Crippen molar-refractivity contribution >= 4 is 11.5 Å². The Morgan fingerprint density at radius 1 is 1.27 bits per heavy atom. The second kappa shape index (κ2) is 9.47. The fourth-order valence-electron chi connectivity index (χ4n) is 3.48. The Labute approximate surface area is 173 Å². The van der Waals surface area contributed by atoms with E-state index >= 15 is 0 Å². The Kier molecular flexibility index (Phi) is 6.97. The van der Waals surface area contributed by atoms with Crippen LogP contribution in [0.1, 0.15) is 36.9 Å². The van der Waals surface area contributed by atoms with Crippen molar-refractivity contribution in [3.63, 3.8) is 0 Å². The standard InChI is InChI=1S/C22H25F3N2O3/c1-15(21-7-6-20(12-26-21)30-14-22(23,24)25)10-19(29)11-16-2-4-17(5-3-16)27-9-8-18(28)13-27/h2-7,12,15,18,28H,8-11,13-14H2,1H3. The van der Waals surface area contributed by atoms with Crippen molar-refractivity contribution in [1.82, 2.24) is 4.98 Å². The molecule has 2 heterocycles. The molecule has 8 heteroatoms. The van der Waals surface area contributed by atoms with E-state index in [1.54, 1.807) is 6.07 Å². The maximum absolute atomic E-state index is 12.4. The quantitative estimate of drug-likeness (QED) is 0.699. The second-order valence-electron chi connectivity index (χ2n) is 7.70. The highest BCUT2D eigenvalue weighted by Gasteiger charge is 2.28. The Bertz CT molecular complexity index is 838. The summed E-state index contributed by atoms with van der Waals surface area (Å²) in [5.74, 6) is -0.0502. The zero-order valence-corrected chi connectivity index (χ0v) is 16.7. The number of pyridine rings is 1. The third-order valence-electron chi connectivity index (χ3n) is 5.07. The van der Waals surface area contributed by atoms with Gasteiger partial charge in [-0.2, -0.15) is 13.2 Å². The van der Waals surface area contributed by atoms with Gasteiger partial charge in [-0.05, 0) is 36.2 Å². The van der Waals surface area contributed by atoms with E-state index in [0.29, 0.717) is 18.7 Å². The monoisotopic (exact) mass is 422 g/mol. The van der Waals surface area contributed by atoms with Gasteiger partial charge in [-0.25, -0.2) is 0 Å². The van der Waals surface area contributed by atoms with Crippen molar-refractivity contribution in [2.45, 2.75) is 44.4 Å². The van der Waals surface area contributed by atoms with Crippen LogP contribution in [0.5, 0.6) is 5.75 Å². The van der Waals surface area contributed by atoms with Crippen LogP contribution in [0, 0.1) is 0 Å². The van der Waals surface area contributed by atoms with E-state index in [2.05, 4.69) is 14.6 Å². The Morgan fingerprint density at radius 2 is 2.00 bits per heavy atom. The molecule has 0 amide bonds. The minimum Gasteiger partial charge on any atom is -0.483 e. The number of ketones is 1. The summed E-state index contributed by atoms with van der Waals surface area (Å²) in [7, 11) is 0. The number of carbonyl (C=O) groups excluding carboxylic acids is 1. The highest BCUT2D eigenvalue weighted by atomic mass is 19.4. The number of alkyl halides is 3. The van der Waals surface area contributed by atoms with Gasteiger partial charge in [0, 0.05) is 43.2 Å². The Hall–Kier alpha value is -2.61. The van der Waals surface area contributed by atoms with Gasteiger partial charge < -0.3 is 14.7 Å². The van der Waals surface area contributed by atoms with Crippen molar-refractivity contribution in [3.05, 3.63) is 53.9 Å². The zero-order chi connectivity index (χ0) is 21.7. The van der Waals surface area contributed by atoms with Crippen molar-refractivity contribution in [1.29, 1.82) is 0 Å². The fraction of sp³-hybridized carbons (Fsp3) is 0.455. The van der Waals surface area contributed by atoms with Gasteiger partial charge in [0.15, 0.2) is 6.61 Å². The van der Waals surface area contributed by atoms with E-state index in [-0.39, 0.29) is 30.0 Å². The molecule has 1 aromatic heterocycles. The minimum atomic E-state index is -4.40. The first-order valence-electron chi connectivity index (χ1n) is 9.89. The summed E-state index contributed by atoms with van der Waals surface area (Å²) < 4.78 is 41.2. The van der Waals surface area contributed by atoms with Gasteiger partial charge in [-0.1, -0.05) is 19.1 Å². The average molecular weight is 422 g/mol. The van der Waals surface area contributed by atoms with Crippen LogP contribution >= 0.6 is 0 Å². The number of aliphatic hydroxyl groups is 1. The van der Waals surface area contributed by atoms with Crippen molar-refractivity contribution in [2.75, 3.05) is 24.6 Å². The SMILES string of the molecule is CC(CC(=O)Cc1ccc(N2CCC(O)C2)cc1)c1ccc(OCC(F)(F)F)cn1. The molecule has 1 aliphatic rings. The molecule has 0 saturated carbocycles. The maximum atomic E-state index is 12.4. The number of nitrogens with zero attached hydrogens (tertiary/aromatic N) is 2. The summed E-state index contributed by atoms with van der Waals surface area (Å²) in [6.07, 6.45) is -2.08. The molecule has 1 aliphatic heterocycles. The summed E-state index contributed by atoms with van der Waals surface area (Å²) in [6, 6.07) is 10.8. The Morgan fingerprint density at radius 3 is 2.57 bits per heavy atom. The molecule has 0 aliphatic carbocycles. The fourth-order valence-corrected chi connectivity index (χ4v) is 3.48. The number of carbonyl (C=O) groups is 1. The number of anilines is 1. The van der Waals surface area contributed by atoms with Gasteiger partial charge >= 0.3 is 6.18 Å². The number of β-amino-alcohol motifs (C(OH)–C–C–N with tert-alkyl or cyclic N) is 1. The molecule has 1 saturated heterocycles. The normalized spacial score (nSPS) is 17.8. The third kappa shape index (κ3) is 6.45. The van der Waals surface area contributed by atoms with Crippen LogP contribution in [0.2, 0.25) is 0 Å². The second-order valence-corrected chi connectivity index (χ2v) is 7.70. The number of rotatable bonds is 8. The summed E-state index contributed by atoms with van der Waals surface area (Å²) in [5, 5.41) is 9.64. The number of hydrogen-bond acceptors (Lipinski definition) is 5. The first-order valence-corrected chi connectivity index (χ1v) is 9.89. The average Bonchev–Trinajstić information content (AvgIpc) is 3.13. The molecule has 2 unspecified atom stereocenters. The number of halogens is 3. The lowest BCUT2D eigenvalue weighted by atomic mass is 9.96. The topological polar surface area (TPSA) is 62.7 Å². The molecule has 0 radical (unpaired) electrons. The molecule has 0 bridgehead atoms. The smallest absolute Gasteiger partial charge is 0.422 e. The molecule has 5 nitrogen and oxygen atoms in total. The van der Waals surface area contributed by atoms with E-state index in [0.717, 1.165) is 24.2 Å². The summed E-state index contributed by atoms with van der Waals surface area (Å²) in [4.78, 5) is 18.7. The summed E-state index contributed by atoms with van der Waals surface area (Å²) in [5.41, 5.74) is 2.58. The lowest BCUT2D eigenvalue weighted by Crippen LogP contribution is -2.21. The van der Waals surface area contributed by atoms with E-state index < -0.39 is 12.8 Å². The van der Waals surface area contributed by atoms with Crippen molar-refractivity contribution in [2.24, 2.45) is 0 Å². The van der Waals surface area contributed by atoms with Crippen molar-refractivity contribution in [3.8, 4) is 5.75 Å². The predicted octanol–water partition coefficient (Wildman–Crippen LogP) is 3.90. The summed E-state index contributed by atoms with van der Waals surface area (Å²) >= 11 is 0. The zero-order valence-electron chi connectivity index (χ0n) is 16.7. The number of hydrogen-bond donors (Lipinski definition) is 1. The number of aromatic nitrogens is 1. The molecule has 0 spiro atoms.